The summed E-state index contributed by atoms with van der Waals surface area (Å²) in [6, 6.07) is 1.72. The van der Waals surface area contributed by atoms with E-state index in [1.807, 2.05) is 0 Å². The van der Waals surface area contributed by atoms with Crippen LogP contribution in [0.4, 0.5) is 21.5 Å². The molecule has 0 atom stereocenters. The molecule has 0 unspecified atom stereocenters. The molecule has 1 rings (SSSR count). The molecular weight excluding hydrogens is 229 g/mol. The zero-order chi connectivity index (χ0) is 13.2. The number of amides is 1. The number of nitrogen functional groups attached to an aromatic ring is 1. The van der Waals surface area contributed by atoms with Crippen LogP contribution >= 0.6 is 0 Å². The van der Waals surface area contributed by atoms with Gasteiger partial charge in [-0.05, 0) is 0 Å². The van der Waals surface area contributed by atoms with Crippen LogP contribution in [0.2, 0.25) is 0 Å². The highest BCUT2D eigenvalue weighted by molar-refractivity contribution is 5.95. The summed E-state index contributed by atoms with van der Waals surface area (Å²) in [5.74, 6) is -1.69. The lowest BCUT2D eigenvalue weighted by Crippen LogP contribution is -2.18. The second-order valence-electron chi connectivity index (χ2n) is 3.79. The van der Waals surface area contributed by atoms with E-state index in [1.165, 1.54) is 0 Å². The van der Waals surface area contributed by atoms with Crippen LogP contribution in [-0.4, -0.2) is 10.8 Å². The molecule has 0 aliphatic rings. The van der Waals surface area contributed by atoms with Crippen molar-refractivity contribution in [1.82, 2.24) is 0 Å². The lowest BCUT2D eigenvalue weighted by molar-refractivity contribution is -0.387. The Morgan fingerprint density at radius 2 is 2.12 bits per heavy atom. The molecule has 0 radical (unpaired) electrons. The second-order valence-corrected chi connectivity index (χ2v) is 3.79. The maximum Gasteiger partial charge on any atom is 0.307 e. The molecule has 0 spiro atoms. The molecular formula is C10H12FN3O3. The van der Waals surface area contributed by atoms with Gasteiger partial charge in [0.25, 0.3) is 0 Å². The third kappa shape index (κ3) is 2.90. The third-order valence-electron chi connectivity index (χ3n) is 2.10. The van der Waals surface area contributed by atoms with Crippen LogP contribution in [0.25, 0.3) is 0 Å². The topological polar surface area (TPSA) is 98.3 Å². The number of carbonyl (C=O) groups is 1. The van der Waals surface area contributed by atoms with Crippen molar-refractivity contribution in [2.45, 2.75) is 13.8 Å². The summed E-state index contributed by atoms with van der Waals surface area (Å²) < 4.78 is 13.1. The Bertz CT molecular complexity index is 474. The van der Waals surface area contributed by atoms with Crippen molar-refractivity contribution < 1.29 is 14.1 Å². The standard InChI is InChI=1S/C10H12FN3O3/c1-5(2)10(15)13-8-4-9(14(16)17)6(11)3-7(8)12/h3-5H,12H2,1-2H3,(H,13,15). The van der Waals surface area contributed by atoms with Gasteiger partial charge in [0.15, 0.2) is 0 Å². The van der Waals surface area contributed by atoms with Crippen molar-refractivity contribution in [3.63, 3.8) is 0 Å². The van der Waals surface area contributed by atoms with E-state index >= 15 is 0 Å². The first-order valence-corrected chi connectivity index (χ1v) is 4.87. The van der Waals surface area contributed by atoms with E-state index in [0.29, 0.717) is 0 Å². The number of nitrogens with two attached hydrogens (primary N) is 1. The van der Waals surface area contributed by atoms with Crippen LogP contribution in [0.5, 0.6) is 0 Å². The van der Waals surface area contributed by atoms with Gasteiger partial charge in [-0.2, -0.15) is 4.39 Å². The van der Waals surface area contributed by atoms with Gasteiger partial charge in [-0.1, -0.05) is 13.8 Å². The van der Waals surface area contributed by atoms with E-state index in [0.717, 1.165) is 12.1 Å². The Kier molecular flexibility index (Phi) is 3.62. The van der Waals surface area contributed by atoms with Crippen molar-refractivity contribution >= 4 is 23.0 Å². The molecule has 0 bridgehead atoms. The maximum absolute atomic E-state index is 13.1. The number of halogens is 1. The van der Waals surface area contributed by atoms with Gasteiger partial charge >= 0.3 is 5.69 Å². The lowest BCUT2D eigenvalue weighted by Gasteiger charge is -2.10. The third-order valence-corrected chi connectivity index (χ3v) is 2.10. The molecule has 7 heteroatoms. The Morgan fingerprint density at radius 3 is 2.59 bits per heavy atom. The molecule has 0 aromatic heterocycles. The molecule has 0 fully saturated rings. The van der Waals surface area contributed by atoms with Crippen LogP contribution in [0, 0.1) is 21.8 Å². The van der Waals surface area contributed by atoms with Gasteiger partial charge in [0, 0.05) is 18.1 Å². The molecule has 0 saturated carbocycles. The van der Waals surface area contributed by atoms with Gasteiger partial charge < -0.3 is 11.1 Å². The maximum atomic E-state index is 13.1. The molecule has 1 aromatic carbocycles. The summed E-state index contributed by atoms with van der Waals surface area (Å²) in [5.41, 5.74) is 4.72. The summed E-state index contributed by atoms with van der Waals surface area (Å²) in [5, 5.41) is 12.9. The van der Waals surface area contributed by atoms with Gasteiger partial charge in [0.05, 0.1) is 16.3 Å². The van der Waals surface area contributed by atoms with E-state index in [2.05, 4.69) is 5.32 Å². The van der Waals surface area contributed by atoms with E-state index < -0.39 is 16.4 Å². The molecule has 6 nitrogen and oxygen atoms in total. The van der Waals surface area contributed by atoms with Crippen LogP contribution in [0.3, 0.4) is 0 Å². The molecule has 3 N–H and O–H groups in total. The van der Waals surface area contributed by atoms with Crippen LogP contribution in [-0.2, 0) is 4.79 Å². The number of carbonyl (C=O) groups excluding carboxylic acids is 1. The van der Waals surface area contributed by atoms with E-state index in [1.54, 1.807) is 13.8 Å². The first-order chi connectivity index (χ1) is 7.82. The van der Waals surface area contributed by atoms with Gasteiger partial charge in [-0.3, -0.25) is 14.9 Å². The van der Waals surface area contributed by atoms with E-state index in [-0.39, 0.29) is 23.2 Å². The summed E-state index contributed by atoms with van der Waals surface area (Å²) in [4.78, 5) is 21.0. The number of anilines is 2. The van der Waals surface area contributed by atoms with E-state index in [4.69, 9.17) is 5.73 Å². The number of hydrogen-bond acceptors (Lipinski definition) is 4. The molecule has 1 aromatic rings. The van der Waals surface area contributed by atoms with E-state index in [9.17, 15) is 19.3 Å². The fraction of sp³-hybridized carbons (Fsp3) is 0.300. The summed E-state index contributed by atoms with van der Waals surface area (Å²) in [6.45, 7) is 3.31. The summed E-state index contributed by atoms with van der Waals surface area (Å²) in [7, 11) is 0. The highest BCUT2D eigenvalue weighted by atomic mass is 19.1. The van der Waals surface area contributed by atoms with Crippen LogP contribution < -0.4 is 11.1 Å². The number of nitrogens with zero attached hydrogens (tertiary/aromatic N) is 1. The first-order valence-electron chi connectivity index (χ1n) is 4.87. The van der Waals surface area contributed by atoms with Gasteiger partial charge in [0.1, 0.15) is 0 Å². The smallest absolute Gasteiger partial charge is 0.307 e. The summed E-state index contributed by atoms with van der Waals surface area (Å²) in [6.07, 6.45) is 0. The first kappa shape index (κ1) is 12.9. The van der Waals surface area contributed by atoms with Crippen molar-refractivity contribution in [2.75, 3.05) is 11.1 Å². The second kappa shape index (κ2) is 4.77. The number of hydrogen-bond donors (Lipinski definition) is 2. The van der Waals surface area contributed by atoms with Gasteiger partial charge in [-0.15, -0.1) is 0 Å². The Hall–Kier alpha value is -2.18. The fourth-order valence-corrected chi connectivity index (χ4v) is 1.10. The van der Waals surface area contributed by atoms with Crippen molar-refractivity contribution in [1.29, 1.82) is 0 Å². The minimum absolute atomic E-state index is 0.0387. The zero-order valence-corrected chi connectivity index (χ0v) is 9.36. The molecule has 92 valence electrons. The molecule has 0 aliphatic heterocycles. The van der Waals surface area contributed by atoms with Crippen molar-refractivity contribution in [2.24, 2.45) is 5.92 Å². The van der Waals surface area contributed by atoms with Crippen LogP contribution in [0.1, 0.15) is 13.8 Å². The summed E-state index contributed by atoms with van der Waals surface area (Å²) >= 11 is 0. The predicted octanol–water partition coefficient (Wildman–Crippen LogP) is 1.91. The monoisotopic (exact) mass is 241 g/mol. The average Bonchev–Trinajstić information content (AvgIpc) is 2.21. The average molecular weight is 241 g/mol. The molecule has 0 aliphatic carbocycles. The lowest BCUT2D eigenvalue weighted by atomic mass is 10.2. The van der Waals surface area contributed by atoms with Gasteiger partial charge in [0.2, 0.25) is 11.7 Å². The quantitative estimate of drug-likeness (QED) is 0.479. The minimum atomic E-state index is -1.03. The molecule has 17 heavy (non-hydrogen) atoms. The Balaban J connectivity index is 3.12. The molecule has 0 saturated heterocycles. The number of nitrogens with one attached hydrogen (secondary N) is 1. The highest BCUT2D eigenvalue weighted by Gasteiger charge is 2.18. The minimum Gasteiger partial charge on any atom is -0.397 e. The normalized spacial score (nSPS) is 10.4. The number of nitro groups is 1. The van der Waals surface area contributed by atoms with Crippen LogP contribution in [0.15, 0.2) is 12.1 Å². The van der Waals surface area contributed by atoms with Crippen molar-refractivity contribution in [3.8, 4) is 0 Å². The Labute approximate surface area is 96.8 Å². The fourth-order valence-electron chi connectivity index (χ4n) is 1.10. The molecule has 0 heterocycles. The largest absolute Gasteiger partial charge is 0.397 e. The SMILES string of the molecule is CC(C)C(=O)Nc1cc([N+](=O)[O-])c(F)cc1N. The van der Waals surface area contributed by atoms with Crippen molar-refractivity contribution in [3.05, 3.63) is 28.1 Å². The van der Waals surface area contributed by atoms with Gasteiger partial charge in [-0.25, -0.2) is 0 Å². The number of benzene rings is 1. The highest BCUT2D eigenvalue weighted by Crippen LogP contribution is 2.28. The Morgan fingerprint density at radius 1 is 1.53 bits per heavy atom. The predicted molar refractivity (Wildman–Crippen MR) is 60.9 cm³/mol. The number of nitro benzene ring substituents is 1. The molecule has 1 amide bonds. The number of rotatable bonds is 3. The zero-order valence-electron chi connectivity index (χ0n) is 9.36.